The van der Waals surface area contributed by atoms with E-state index in [2.05, 4.69) is 41.5 Å². The van der Waals surface area contributed by atoms with Gasteiger partial charge in [0.05, 0.1) is 26.4 Å². The van der Waals surface area contributed by atoms with Crippen molar-refractivity contribution in [3.63, 3.8) is 0 Å². The normalized spacial score (nSPS) is 13.7. The molecule has 0 amide bonds. The van der Waals surface area contributed by atoms with E-state index in [1.54, 1.807) is 0 Å². The van der Waals surface area contributed by atoms with Crippen LogP contribution in [-0.4, -0.2) is 96.7 Å². The Morgan fingerprint density at radius 1 is 0.239 bits per heavy atom. The van der Waals surface area contributed by atoms with Crippen LogP contribution in [0.5, 0.6) is 0 Å². The fourth-order valence-corrected chi connectivity index (χ4v) is 16.4. The third kappa shape index (κ3) is 87.7. The molecule has 17 nitrogen and oxygen atoms in total. The van der Waals surface area contributed by atoms with E-state index in [9.17, 15) is 43.2 Å². The number of hydrogen-bond donors (Lipinski definition) is 3. The minimum atomic E-state index is -4.97. The lowest BCUT2D eigenvalue weighted by Gasteiger charge is -2.21. The number of phosphoric ester groups is 2. The predicted octanol–water partition coefficient (Wildman–Crippen LogP) is 29.4. The van der Waals surface area contributed by atoms with E-state index in [0.717, 1.165) is 102 Å². The molecule has 672 valence electrons. The Morgan fingerprint density at radius 3 is 0.602 bits per heavy atom. The van der Waals surface area contributed by atoms with E-state index in [-0.39, 0.29) is 25.7 Å². The topological polar surface area (TPSA) is 237 Å². The third-order valence-corrected chi connectivity index (χ3v) is 24.1. The first kappa shape index (κ1) is 111. The van der Waals surface area contributed by atoms with Gasteiger partial charge in [-0.3, -0.25) is 37.3 Å². The van der Waals surface area contributed by atoms with Gasteiger partial charge in [-0.05, 0) is 37.5 Å². The average molecular weight is 1650 g/mol. The van der Waals surface area contributed by atoms with Crippen molar-refractivity contribution in [3.05, 3.63) is 0 Å². The van der Waals surface area contributed by atoms with Crippen molar-refractivity contribution < 1.29 is 80.2 Å². The molecule has 0 heterocycles. The molecular formula is C94H184O17P2. The first-order valence-corrected chi connectivity index (χ1v) is 51.5. The lowest BCUT2D eigenvalue weighted by molar-refractivity contribution is -0.161. The molecule has 0 rings (SSSR count). The average Bonchev–Trinajstić information content (AvgIpc) is 0.905. The molecule has 0 bridgehead atoms. The molecule has 2 unspecified atom stereocenters. The van der Waals surface area contributed by atoms with Crippen molar-refractivity contribution in [2.75, 3.05) is 39.6 Å². The molecule has 5 atom stereocenters. The van der Waals surface area contributed by atoms with Crippen LogP contribution in [0.15, 0.2) is 0 Å². The summed E-state index contributed by atoms with van der Waals surface area (Å²) < 4.78 is 69.2. The van der Waals surface area contributed by atoms with Crippen LogP contribution >= 0.6 is 15.6 Å². The van der Waals surface area contributed by atoms with Gasteiger partial charge in [0.1, 0.15) is 19.3 Å². The summed E-state index contributed by atoms with van der Waals surface area (Å²) in [6.07, 6.45) is 80.8. The van der Waals surface area contributed by atoms with Crippen LogP contribution in [0.3, 0.4) is 0 Å². The zero-order valence-electron chi connectivity index (χ0n) is 74.7. The van der Waals surface area contributed by atoms with Gasteiger partial charge in [-0.1, -0.05) is 459 Å². The van der Waals surface area contributed by atoms with Crippen molar-refractivity contribution >= 4 is 39.5 Å². The molecule has 0 aliphatic carbocycles. The second-order valence-electron chi connectivity index (χ2n) is 34.7. The van der Waals surface area contributed by atoms with Gasteiger partial charge in [0.25, 0.3) is 0 Å². The van der Waals surface area contributed by atoms with Gasteiger partial charge in [-0.15, -0.1) is 0 Å². The van der Waals surface area contributed by atoms with E-state index in [0.29, 0.717) is 25.7 Å². The largest absolute Gasteiger partial charge is 0.472 e. The number of aliphatic hydroxyl groups excluding tert-OH is 1. The van der Waals surface area contributed by atoms with E-state index in [1.807, 2.05) is 0 Å². The van der Waals surface area contributed by atoms with Crippen molar-refractivity contribution in [2.24, 2.45) is 11.8 Å². The monoisotopic (exact) mass is 1650 g/mol. The highest BCUT2D eigenvalue weighted by atomic mass is 31.2. The minimum absolute atomic E-state index is 0.108. The summed E-state index contributed by atoms with van der Waals surface area (Å²) in [5, 5.41) is 10.7. The lowest BCUT2D eigenvalue weighted by atomic mass is 10.0. The van der Waals surface area contributed by atoms with Crippen LogP contribution in [0.4, 0.5) is 0 Å². The Morgan fingerprint density at radius 2 is 0.407 bits per heavy atom. The first-order chi connectivity index (χ1) is 54.9. The molecule has 0 spiro atoms. The van der Waals surface area contributed by atoms with Crippen molar-refractivity contribution in [3.8, 4) is 0 Å². The van der Waals surface area contributed by atoms with Crippen molar-refractivity contribution in [2.45, 2.75) is 529 Å². The summed E-state index contributed by atoms with van der Waals surface area (Å²) in [7, 11) is -9.94. The van der Waals surface area contributed by atoms with E-state index >= 15 is 0 Å². The Labute approximate surface area is 696 Å². The van der Waals surface area contributed by atoms with Crippen molar-refractivity contribution in [1.29, 1.82) is 0 Å². The lowest BCUT2D eigenvalue weighted by Crippen LogP contribution is -2.30. The number of carbonyl (C=O) groups excluding carboxylic acids is 4. The third-order valence-electron chi connectivity index (χ3n) is 22.2. The Bertz CT molecular complexity index is 2150. The van der Waals surface area contributed by atoms with Gasteiger partial charge >= 0.3 is 39.5 Å². The molecule has 0 aromatic heterocycles. The molecule has 0 aliphatic heterocycles. The second kappa shape index (κ2) is 85.1. The van der Waals surface area contributed by atoms with E-state index in [4.69, 9.17) is 37.0 Å². The van der Waals surface area contributed by atoms with Gasteiger partial charge < -0.3 is 33.8 Å². The first-order valence-electron chi connectivity index (χ1n) is 48.5. The maximum Gasteiger partial charge on any atom is 0.472 e. The van der Waals surface area contributed by atoms with Gasteiger partial charge in [-0.2, -0.15) is 0 Å². The number of phosphoric acid groups is 2. The SMILES string of the molecule is CCCCCCCCCCCCCCCCCCCCCCCCC(=O)OC[C@H](COP(=O)(O)OC[C@@H](O)COP(=O)(O)OC[C@@H](COC(=O)CCCCCCCCCCCC(C)C)OC(=O)CCCCCCCCCCCCCCCCC(C)C)OC(=O)CCCCCCCCCCCCCCCCCCCCCCCC. The zero-order chi connectivity index (χ0) is 82.7. The molecule has 113 heavy (non-hydrogen) atoms. The van der Waals surface area contributed by atoms with Crippen LogP contribution in [0, 0.1) is 11.8 Å². The van der Waals surface area contributed by atoms with Gasteiger partial charge in [0.15, 0.2) is 12.2 Å². The van der Waals surface area contributed by atoms with Crippen LogP contribution in [0.25, 0.3) is 0 Å². The summed E-state index contributed by atoms with van der Waals surface area (Å²) in [5.41, 5.74) is 0. The highest BCUT2D eigenvalue weighted by Crippen LogP contribution is 2.45. The van der Waals surface area contributed by atoms with Gasteiger partial charge in [-0.25, -0.2) is 9.13 Å². The molecule has 19 heteroatoms. The maximum atomic E-state index is 13.2. The molecule has 0 aliphatic rings. The highest BCUT2D eigenvalue weighted by Gasteiger charge is 2.31. The molecule has 0 saturated carbocycles. The molecule has 0 fully saturated rings. The summed E-state index contributed by atoms with van der Waals surface area (Å²) >= 11 is 0. The molecule has 0 aromatic carbocycles. The summed E-state index contributed by atoms with van der Waals surface area (Å²) in [6, 6.07) is 0. The number of aliphatic hydroxyl groups is 1. The smallest absolute Gasteiger partial charge is 0.462 e. The molecule has 3 N–H and O–H groups in total. The van der Waals surface area contributed by atoms with Crippen molar-refractivity contribution in [1.82, 2.24) is 0 Å². The molecule has 0 aromatic rings. The Kier molecular flexibility index (Phi) is 83.6. The van der Waals surface area contributed by atoms with Crippen LogP contribution in [-0.2, 0) is 65.4 Å². The van der Waals surface area contributed by atoms with Gasteiger partial charge in [0, 0.05) is 25.7 Å². The summed E-state index contributed by atoms with van der Waals surface area (Å²) in [6.45, 7) is 9.72. The second-order valence-corrected chi connectivity index (χ2v) is 37.6. The minimum Gasteiger partial charge on any atom is -0.462 e. The van der Waals surface area contributed by atoms with Crippen LogP contribution in [0.1, 0.15) is 510 Å². The Balaban J connectivity index is 5.23. The molecular weight excluding hydrogens is 1460 g/mol. The number of hydrogen-bond acceptors (Lipinski definition) is 15. The Hall–Kier alpha value is -1.94. The standard InChI is InChI=1S/C94H184O17P2/c1-7-9-11-13-15-17-19-21-23-25-27-29-31-33-35-37-42-46-52-58-64-70-76-91(96)104-82-89(110-93(98)78-72-66-60-53-47-43-38-36-34-32-30-28-26-24-22-20-18-16-14-12-10-8-2)84-108-112(100,101)106-80-88(95)81-107-113(102,103)109-85-90(83-105-92(97)77-71-65-59-55-49-51-57-63-69-75-87(5)6)111-94(99)79-73-67-61-54-48-44-40-39-41-45-50-56-62-68-74-86(3)4/h86-90,95H,7-85H2,1-6H3,(H,100,101)(H,102,103)/t88-,89-,90-/m1/s1. The highest BCUT2D eigenvalue weighted by molar-refractivity contribution is 7.47. The van der Waals surface area contributed by atoms with Crippen LogP contribution < -0.4 is 0 Å². The summed E-state index contributed by atoms with van der Waals surface area (Å²) in [4.78, 5) is 73.5. The number of rotatable bonds is 93. The van der Waals surface area contributed by atoms with E-state index in [1.165, 1.54) is 327 Å². The fourth-order valence-electron chi connectivity index (χ4n) is 14.8. The number of unbranched alkanes of at least 4 members (excludes halogenated alkanes) is 63. The molecule has 0 saturated heterocycles. The van der Waals surface area contributed by atoms with Crippen LogP contribution in [0.2, 0.25) is 0 Å². The number of carbonyl (C=O) groups is 4. The van der Waals surface area contributed by atoms with E-state index < -0.39 is 97.5 Å². The predicted molar refractivity (Wildman–Crippen MR) is 469 cm³/mol. The maximum absolute atomic E-state index is 13.2. The van der Waals surface area contributed by atoms with Gasteiger partial charge in [0.2, 0.25) is 0 Å². The zero-order valence-corrected chi connectivity index (χ0v) is 76.5. The summed E-state index contributed by atoms with van der Waals surface area (Å²) in [5.74, 6) is -0.556. The molecule has 0 radical (unpaired) electrons. The number of esters is 4. The fraction of sp³-hybridized carbons (Fsp3) is 0.957. The quantitative estimate of drug-likeness (QED) is 0.0222. The number of ether oxygens (including phenoxy) is 4.